The number of ether oxygens (including phenoxy) is 2. The number of carbonyl (C=O) groups excluding carboxylic acids is 2. The van der Waals surface area contributed by atoms with Crippen molar-refractivity contribution in [1.29, 1.82) is 0 Å². The van der Waals surface area contributed by atoms with E-state index < -0.39 is 9.04 Å². The van der Waals surface area contributed by atoms with Gasteiger partial charge in [0.2, 0.25) is 9.04 Å². The first kappa shape index (κ1) is 16.4. The van der Waals surface area contributed by atoms with Gasteiger partial charge in [-0.2, -0.15) is 0 Å². The van der Waals surface area contributed by atoms with Crippen LogP contribution in [0.1, 0.15) is 25.0 Å². The number of fused-ring (bicyclic) bond motifs is 3. The Balaban J connectivity index is 1.93. The van der Waals surface area contributed by atoms with Crippen molar-refractivity contribution in [2.75, 3.05) is 0 Å². The topological polar surface area (TPSA) is 72.8 Å². The highest BCUT2D eigenvalue weighted by atomic mass is 28.3. The Morgan fingerprint density at radius 3 is 1.67 bits per heavy atom. The molecule has 0 radical (unpaired) electrons. The number of hydrogen-bond acceptors (Lipinski definition) is 5. The van der Waals surface area contributed by atoms with Crippen molar-refractivity contribution < 1.29 is 23.9 Å². The van der Waals surface area contributed by atoms with Crippen LogP contribution in [0.25, 0.3) is 11.1 Å². The number of hydrogen-bond donors (Lipinski definition) is 1. The molecule has 1 aliphatic rings. The summed E-state index contributed by atoms with van der Waals surface area (Å²) in [7, 11) is -2.18. The van der Waals surface area contributed by atoms with Gasteiger partial charge in [-0.05, 0) is 44.8 Å². The fourth-order valence-electron chi connectivity index (χ4n) is 2.87. The Morgan fingerprint density at radius 1 is 0.875 bits per heavy atom. The second-order valence-corrected chi connectivity index (χ2v) is 7.86. The second kappa shape index (κ2) is 6.58. The molecule has 0 fully saturated rings. The van der Waals surface area contributed by atoms with Crippen molar-refractivity contribution in [2.24, 2.45) is 0 Å². The molecule has 0 unspecified atom stereocenters. The van der Waals surface area contributed by atoms with Gasteiger partial charge in [0.25, 0.3) is 0 Å². The molecule has 2 aromatic carbocycles. The highest BCUT2D eigenvalue weighted by Crippen LogP contribution is 2.25. The molecule has 6 heteroatoms. The number of esters is 2. The zero-order valence-corrected chi connectivity index (χ0v) is 14.7. The largest absolute Gasteiger partial charge is 0.461 e. The van der Waals surface area contributed by atoms with E-state index in [-0.39, 0.29) is 25.2 Å². The minimum atomic E-state index is -2.18. The van der Waals surface area contributed by atoms with E-state index in [1.54, 1.807) is 0 Å². The van der Waals surface area contributed by atoms with Gasteiger partial charge >= 0.3 is 11.9 Å². The van der Waals surface area contributed by atoms with Gasteiger partial charge in [0, 0.05) is 13.8 Å². The molecule has 0 saturated carbocycles. The molecule has 5 nitrogen and oxygen atoms in total. The lowest BCUT2D eigenvalue weighted by Gasteiger charge is -2.08. The van der Waals surface area contributed by atoms with E-state index in [2.05, 4.69) is 0 Å². The maximum absolute atomic E-state index is 11.0. The minimum absolute atomic E-state index is 0.211. The Morgan fingerprint density at radius 2 is 1.29 bits per heavy atom. The first-order valence-corrected chi connectivity index (χ1v) is 9.33. The number of benzene rings is 2. The molecule has 2 aromatic rings. The lowest BCUT2D eigenvalue weighted by atomic mass is 10.0. The molecule has 0 atom stereocenters. The van der Waals surface area contributed by atoms with E-state index in [1.165, 1.54) is 13.8 Å². The van der Waals surface area contributed by atoms with Crippen LogP contribution in [-0.4, -0.2) is 25.8 Å². The smallest absolute Gasteiger partial charge is 0.302 e. The predicted octanol–water partition coefficient (Wildman–Crippen LogP) is 0.623. The van der Waals surface area contributed by atoms with E-state index in [4.69, 9.17) is 9.47 Å². The Labute approximate surface area is 141 Å². The van der Waals surface area contributed by atoms with Gasteiger partial charge < -0.3 is 14.3 Å². The third kappa shape index (κ3) is 3.24. The van der Waals surface area contributed by atoms with Crippen LogP contribution in [0.2, 0.25) is 0 Å². The van der Waals surface area contributed by atoms with Crippen LogP contribution >= 0.6 is 0 Å². The summed E-state index contributed by atoms with van der Waals surface area (Å²) in [6.07, 6.45) is 0. The molecule has 1 N–H and O–H groups in total. The zero-order valence-electron chi connectivity index (χ0n) is 13.5. The number of rotatable bonds is 4. The molecule has 124 valence electrons. The van der Waals surface area contributed by atoms with E-state index >= 15 is 0 Å². The van der Waals surface area contributed by atoms with E-state index in [0.29, 0.717) is 0 Å². The van der Waals surface area contributed by atoms with Crippen molar-refractivity contribution >= 4 is 31.4 Å². The molecule has 0 aliphatic carbocycles. The van der Waals surface area contributed by atoms with Crippen LogP contribution in [-0.2, 0) is 32.3 Å². The second-order valence-electron chi connectivity index (χ2n) is 5.81. The van der Waals surface area contributed by atoms with Crippen molar-refractivity contribution in [3.8, 4) is 11.1 Å². The van der Waals surface area contributed by atoms with Crippen molar-refractivity contribution in [2.45, 2.75) is 27.1 Å². The molecule has 0 bridgehead atoms. The van der Waals surface area contributed by atoms with Crippen LogP contribution in [0.4, 0.5) is 0 Å². The maximum Gasteiger partial charge on any atom is 0.302 e. The van der Waals surface area contributed by atoms with Crippen LogP contribution in [0.5, 0.6) is 0 Å². The SMILES string of the molecule is CC(=O)OCc1ccc2c(c1)-c1cc(COC(C)=O)ccc1[SiH]2O. The Bertz CT molecular complexity index is 748. The van der Waals surface area contributed by atoms with Crippen LogP contribution in [0, 0.1) is 0 Å². The molecule has 3 rings (SSSR count). The van der Waals surface area contributed by atoms with Gasteiger partial charge in [0.15, 0.2) is 0 Å². The lowest BCUT2D eigenvalue weighted by Crippen LogP contribution is -2.37. The van der Waals surface area contributed by atoms with Crippen molar-refractivity contribution in [3.05, 3.63) is 47.5 Å². The van der Waals surface area contributed by atoms with Crippen molar-refractivity contribution in [3.63, 3.8) is 0 Å². The molecule has 24 heavy (non-hydrogen) atoms. The van der Waals surface area contributed by atoms with Crippen LogP contribution in [0.3, 0.4) is 0 Å². The van der Waals surface area contributed by atoms with Gasteiger partial charge in [0.1, 0.15) is 13.2 Å². The fraction of sp³-hybridized carbons (Fsp3) is 0.222. The average Bonchev–Trinajstić information content (AvgIpc) is 2.83. The summed E-state index contributed by atoms with van der Waals surface area (Å²) < 4.78 is 10.1. The molecule has 0 amide bonds. The summed E-state index contributed by atoms with van der Waals surface area (Å²) in [5.41, 5.74) is 3.70. The van der Waals surface area contributed by atoms with Crippen molar-refractivity contribution in [1.82, 2.24) is 0 Å². The fourth-order valence-corrected chi connectivity index (χ4v) is 4.83. The third-order valence-corrected chi connectivity index (χ3v) is 6.18. The standard InChI is InChI=1S/C18H18O5Si/c1-11(19)22-9-13-3-5-17-15(7-13)16-8-14(10-23-12(2)20)4-6-18(16)24(17)21/h3-8,21,24H,9-10H2,1-2H3. The van der Waals surface area contributed by atoms with Gasteiger partial charge in [-0.3, -0.25) is 9.59 Å². The first-order chi connectivity index (χ1) is 11.5. The molecule has 1 aliphatic heterocycles. The average molecular weight is 342 g/mol. The predicted molar refractivity (Wildman–Crippen MR) is 91.5 cm³/mol. The van der Waals surface area contributed by atoms with E-state index in [0.717, 1.165) is 32.6 Å². The molecule has 0 saturated heterocycles. The minimum Gasteiger partial charge on any atom is -0.461 e. The van der Waals surface area contributed by atoms with Crippen LogP contribution < -0.4 is 10.4 Å². The summed E-state index contributed by atoms with van der Waals surface area (Å²) in [4.78, 5) is 32.6. The Kier molecular flexibility index (Phi) is 4.50. The third-order valence-electron chi connectivity index (χ3n) is 4.00. The monoisotopic (exact) mass is 342 g/mol. The quantitative estimate of drug-likeness (QED) is 0.651. The summed E-state index contributed by atoms with van der Waals surface area (Å²) >= 11 is 0. The van der Waals surface area contributed by atoms with Crippen LogP contribution in [0.15, 0.2) is 36.4 Å². The highest BCUT2D eigenvalue weighted by molar-refractivity contribution is 6.83. The molecular weight excluding hydrogens is 324 g/mol. The van der Waals surface area contributed by atoms with Gasteiger partial charge in [-0.1, -0.05) is 24.3 Å². The van der Waals surface area contributed by atoms with Gasteiger partial charge in [0.05, 0.1) is 0 Å². The van der Waals surface area contributed by atoms with E-state index in [9.17, 15) is 14.4 Å². The summed E-state index contributed by atoms with van der Waals surface area (Å²) in [6.45, 7) is 3.17. The normalized spacial score (nSPS) is 12.5. The summed E-state index contributed by atoms with van der Waals surface area (Å²) in [5, 5.41) is 1.92. The van der Waals surface area contributed by atoms with E-state index in [1.807, 2.05) is 36.4 Å². The molecule has 1 heterocycles. The Hall–Kier alpha value is -2.44. The maximum atomic E-state index is 11.0. The van der Waals surface area contributed by atoms with Gasteiger partial charge in [-0.15, -0.1) is 0 Å². The number of carbonyl (C=O) groups is 2. The summed E-state index contributed by atoms with van der Waals surface area (Å²) in [6, 6.07) is 11.5. The molecule has 0 aromatic heterocycles. The molecular formula is C18H18O5Si. The lowest BCUT2D eigenvalue weighted by molar-refractivity contribution is -0.143. The van der Waals surface area contributed by atoms with Gasteiger partial charge in [-0.25, -0.2) is 0 Å². The molecule has 0 spiro atoms. The summed E-state index contributed by atoms with van der Waals surface area (Å²) in [5.74, 6) is -0.650. The highest BCUT2D eigenvalue weighted by Gasteiger charge is 2.29. The first-order valence-electron chi connectivity index (χ1n) is 7.66. The zero-order chi connectivity index (χ0) is 17.3.